The number of carboxylic acids is 1. The van der Waals surface area contributed by atoms with Gasteiger partial charge in [-0.3, -0.25) is 14.4 Å². The van der Waals surface area contributed by atoms with Crippen molar-refractivity contribution in [1.29, 1.82) is 0 Å². The molecule has 0 saturated heterocycles. The summed E-state index contributed by atoms with van der Waals surface area (Å²) in [6, 6.07) is 3.90. The van der Waals surface area contributed by atoms with E-state index in [9.17, 15) is 14.4 Å². The molecule has 6 heteroatoms. The number of phenols is 1. The minimum absolute atomic E-state index is 0.0874. The summed E-state index contributed by atoms with van der Waals surface area (Å²) in [5.41, 5.74) is 0.377. The van der Waals surface area contributed by atoms with E-state index in [1.54, 1.807) is 0 Å². The van der Waals surface area contributed by atoms with Crippen molar-refractivity contribution in [3.05, 3.63) is 23.8 Å². The summed E-state index contributed by atoms with van der Waals surface area (Å²) in [5, 5.41) is 19.9. The first-order valence-electron chi connectivity index (χ1n) is 4.82. The van der Waals surface area contributed by atoms with Crippen LogP contribution in [0.2, 0.25) is 0 Å². The largest absolute Gasteiger partial charge is 0.508 e. The van der Waals surface area contributed by atoms with Crippen molar-refractivity contribution in [3.8, 4) is 5.75 Å². The van der Waals surface area contributed by atoms with Crippen molar-refractivity contribution in [2.75, 3.05) is 5.32 Å². The fourth-order valence-corrected chi connectivity index (χ4v) is 1.19. The number of hydrogen-bond donors (Lipinski definition) is 3. The second-order valence-electron chi connectivity index (χ2n) is 3.33. The molecule has 3 N–H and O–H groups in total. The number of nitrogens with one attached hydrogen (secondary N) is 1. The average Bonchev–Trinajstić information content (AvgIpc) is 2.28. The first-order chi connectivity index (χ1) is 8.02. The molecule has 0 fully saturated rings. The number of hydrogen-bond acceptors (Lipinski definition) is 4. The van der Waals surface area contributed by atoms with E-state index < -0.39 is 11.9 Å². The summed E-state index contributed by atoms with van der Waals surface area (Å²) in [4.78, 5) is 32.2. The highest BCUT2D eigenvalue weighted by Gasteiger charge is 2.09. The van der Waals surface area contributed by atoms with Crippen molar-refractivity contribution >= 4 is 23.9 Å². The van der Waals surface area contributed by atoms with E-state index >= 15 is 0 Å². The molecule has 0 aliphatic rings. The molecule has 0 unspecified atom stereocenters. The minimum atomic E-state index is -1.07. The maximum Gasteiger partial charge on any atom is 0.303 e. The predicted octanol–water partition coefficient (Wildman–Crippen LogP) is 1.01. The Hall–Kier alpha value is -2.37. The Kier molecular flexibility index (Phi) is 4.21. The fourth-order valence-electron chi connectivity index (χ4n) is 1.19. The van der Waals surface area contributed by atoms with Crippen molar-refractivity contribution in [2.45, 2.75) is 12.8 Å². The number of anilines is 1. The number of carboxylic acid groups (broad SMARTS) is 1. The SMILES string of the molecule is O=Cc1cc(O)ccc1NC(=O)CCC(=O)O. The highest BCUT2D eigenvalue weighted by Crippen LogP contribution is 2.19. The zero-order valence-corrected chi connectivity index (χ0v) is 8.84. The van der Waals surface area contributed by atoms with E-state index in [4.69, 9.17) is 10.2 Å². The van der Waals surface area contributed by atoms with Gasteiger partial charge in [-0.1, -0.05) is 0 Å². The lowest BCUT2D eigenvalue weighted by molar-refractivity contribution is -0.138. The molecule has 0 spiro atoms. The Morgan fingerprint density at radius 1 is 1.29 bits per heavy atom. The zero-order chi connectivity index (χ0) is 12.8. The van der Waals surface area contributed by atoms with E-state index in [0.717, 1.165) is 0 Å². The molecule has 0 heterocycles. The molecule has 90 valence electrons. The van der Waals surface area contributed by atoms with Crippen molar-refractivity contribution < 1.29 is 24.6 Å². The van der Waals surface area contributed by atoms with Crippen LogP contribution in [-0.2, 0) is 9.59 Å². The molecule has 0 bridgehead atoms. The van der Waals surface area contributed by atoms with Gasteiger partial charge in [0.1, 0.15) is 5.75 Å². The summed E-state index contributed by atoms with van der Waals surface area (Å²) >= 11 is 0. The van der Waals surface area contributed by atoms with Gasteiger partial charge in [-0.15, -0.1) is 0 Å². The molecule has 17 heavy (non-hydrogen) atoms. The van der Waals surface area contributed by atoms with Gasteiger partial charge in [0.05, 0.1) is 12.1 Å². The van der Waals surface area contributed by atoms with Crippen LogP contribution in [0.25, 0.3) is 0 Å². The number of carbonyl (C=O) groups excluding carboxylic acids is 2. The molecule has 0 saturated carbocycles. The summed E-state index contributed by atoms with van der Waals surface area (Å²) < 4.78 is 0. The van der Waals surface area contributed by atoms with Gasteiger partial charge in [0.25, 0.3) is 0 Å². The van der Waals surface area contributed by atoms with Crippen LogP contribution in [0.3, 0.4) is 0 Å². The Bertz CT molecular complexity index is 455. The summed E-state index contributed by atoms with van der Waals surface area (Å²) in [7, 11) is 0. The number of aromatic hydroxyl groups is 1. The van der Waals surface area contributed by atoms with Gasteiger partial charge in [-0.05, 0) is 18.2 Å². The van der Waals surface area contributed by atoms with Crippen molar-refractivity contribution in [2.24, 2.45) is 0 Å². The van der Waals surface area contributed by atoms with Crippen LogP contribution in [0.5, 0.6) is 5.75 Å². The lowest BCUT2D eigenvalue weighted by Gasteiger charge is -2.07. The maximum absolute atomic E-state index is 11.3. The number of carbonyl (C=O) groups is 3. The normalized spacial score (nSPS) is 9.65. The topological polar surface area (TPSA) is 104 Å². The van der Waals surface area contributed by atoms with Gasteiger partial charge in [0, 0.05) is 12.0 Å². The Balaban J connectivity index is 2.71. The Morgan fingerprint density at radius 3 is 2.59 bits per heavy atom. The molecule has 6 nitrogen and oxygen atoms in total. The van der Waals surface area contributed by atoms with E-state index in [0.29, 0.717) is 6.29 Å². The summed E-state index contributed by atoms with van der Waals surface area (Å²) in [6.07, 6.45) is 0.0430. The van der Waals surface area contributed by atoms with Crippen molar-refractivity contribution in [1.82, 2.24) is 0 Å². The molecule has 1 amide bonds. The Labute approximate surface area is 96.9 Å². The molecular formula is C11H11NO5. The second-order valence-corrected chi connectivity index (χ2v) is 3.33. The van der Waals surface area contributed by atoms with Gasteiger partial charge in [-0.25, -0.2) is 0 Å². The molecule has 0 radical (unpaired) electrons. The molecule has 0 aliphatic heterocycles. The van der Waals surface area contributed by atoms with Crippen LogP contribution < -0.4 is 5.32 Å². The van der Waals surface area contributed by atoms with Gasteiger partial charge in [0.2, 0.25) is 5.91 Å². The monoisotopic (exact) mass is 237 g/mol. The third kappa shape index (κ3) is 3.94. The number of aliphatic carboxylic acids is 1. The molecule has 1 aromatic carbocycles. The van der Waals surface area contributed by atoms with Crippen molar-refractivity contribution in [3.63, 3.8) is 0 Å². The molecule has 0 atom stereocenters. The first-order valence-corrected chi connectivity index (χ1v) is 4.82. The van der Waals surface area contributed by atoms with E-state index in [1.807, 2.05) is 0 Å². The van der Waals surface area contributed by atoms with Crippen LogP contribution >= 0.6 is 0 Å². The molecule has 1 aromatic rings. The van der Waals surface area contributed by atoms with Gasteiger partial charge < -0.3 is 15.5 Å². The van der Waals surface area contributed by atoms with Crippen LogP contribution in [-0.4, -0.2) is 28.4 Å². The molecular weight excluding hydrogens is 226 g/mol. The lowest BCUT2D eigenvalue weighted by Crippen LogP contribution is -2.14. The van der Waals surface area contributed by atoms with Crippen LogP contribution in [0.4, 0.5) is 5.69 Å². The smallest absolute Gasteiger partial charge is 0.303 e. The number of benzene rings is 1. The zero-order valence-electron chi connectivity index (χ0n) is 8.84. The number of amides is 1. The number of phenolic OH excluding ortho intramolecular Hbond substituents is 1. The second kappa shape index (κ2) is 5.64. The predicted molar refractivity (Wildman–Crippen MR) is 59.0 cm³/mol. The van der Waals surface area contributed by atoms with E-state index in [2.05, 4.69) is 5.32 Å². The third-order valence-corrected chi connectivity index (χ3v) is 2.00. The van der Waals surface area contributed by atoms with Gasteiger partial charge in [0.15, 0.2) is 6.29 Å². The van der Waals surface area contributed by atoms with Gasteiger partial charge in [-0.2, -0.15) is 0 Å². The lowest BCUT2D eigenvalue weighted by atomic mass is 10.1. The third-order valence-electron chi connectivity index (χ3n) is 2.00. The van der Waals surface area contributed by atoms with E-state index in [-0.39, 0.29) is 29.8 Å². The highest BCUT2D eigenvalue weighted by molar-refractivity contribution is 5.97. The molecule has 1 rings (SSSR count). The Morgan fingerprint density at radius 2 is 2.00 bits per heavy atom. The highest BCUT2D eigenvalue weighted by atomic mass is 16.4. The minimum Gasteiger partial charge on any atom is -0.508 e. The quantitative estimate of drug-likeness (QED) is 0.523. The van der Waals surface area contributed by atoms with E-state index in [1.165, 1.54) is 18.2 Å². The molecule has 0 aromatic heterocycles. The average molecular weight is 237 g/mol. The van der Waals surface area contributed by atoms with Crippen LogP contribution in [0.15, 0.2) is 18.2 Å². The van der Waals surface area contributed by atoms with Gasteiger partial charge >= 0.3 is 5.97 Å². The number of aldehydes is 1. The standard InChI is InChI=1S/C11H11NO5/c13-6-7-5-8(14)1-2-9(7)12-10(15)3-4-11(16)17/h1-2,5-6,14H,3-4H2,(H,12,15)(H,16,17). The van der Waals surface area contributed by atoms with Crippen LogP contribution in [0, 0.1) is 0 Å². The summed E-state index contributed by atoms with van der Waals surface area (Å²) in [5.74, 6) is -1.65. The summed E-state index contributed by atoms with van der Waals surface area (Å²) in [6.45, 7) is 0. The number of rotatable bonds is 5. The molecule has 0 aliphatic carbocycles. The van der Waals surface area contributed by atoms with Crippen LogP contribution in [0.1, 0.15) is 23.2 Å². The fraction of sp³-hybridized carbons (Fsp3) is 0.182. The maximum atomic E-state index is 11.3. The first kappa shape index (κ1) is 12.7.